The second kappa shape index (κ2) is 9.72. The van der Waals surface area contributed by atoms with E-state index in [1.54, 1.807) is 28.6 Å². The Morgan fingerprint density at radius 3 is 2.31 bits per heavy atom. The number of sulfonamides is 1. The first-order chi connectivity index (χ1) is 17.0. The summed E-state index contributed by atoms with van der Waals surface area (Å²) in [5.74, 6) is 1.15. The van der Waals surface area contributed by atoms with E-state index in [4.69, 9.17) is 4.42 Å². The molecule has 1 aromatic heterocycles. The molecule has 0 saturated carbocycles. The topological polar surface area (TPSA) is 93.7 Å². The van der Waals surface area contributed by atoms with E-state index in [9.17, 15) is 13.7 Å². The van der Waals surface area contributed by atoms with Gasteiger partial charge in [-0.2, -0.15) is 14.6 Å². The zero-order chi connectivity index (χ0) is 24.4. The number of oxazole rings is 1. The maximum atomic E-state index is 13.1. The van der Waals surface area contributed by atoms with Gasteiger partial charge in [0.15, 0.2) is 0 Å². The Balaban J connectivity index is 1.32. The van der Waals surface area contributed by atoms with E-state index >= 15 is 0 Å². The first-order valence-electron chi connectivity index (χ1n) is 12.0. The van der Waals surface area contributed by atoms with E-state index in [0.29, 0.717) is 49.4 Å². The predicted octanol–water partition coefficient (Wildman–Crippen LogP) is 3.96. The number of aromatic nitrogens is 1. The molecular formula is C26H29N5O3S. The van der Waals surface area contributed by atoms with Gasteiger partial charge in [0.2, 0.25) is 27.5 Å². The molecule has 0 N–H and O–H groups in total. The first kappa shape index (κ1) is 23.4. The van der Waals surface area contributed by atoms with Crippen LogP contribution in [-0.4, -0.2) is 57.0 Å². The zero-order valence-electron chi connectivity index (χ0n) is 19.8. The van der Waals surface area contributed by atoms with Gasteiger partial charge < -0.3 is 14.2 Å². The summed E-state index contributed by atoms with van der Waals surface area (Å²) in [6, 6.07) is 19.0. The number of hydrogen-bond acceptors (Lipinski definition) is 7. The summed E-state index contributed by atoms with van der Waals surface area (Å²) < 4.78 is 33.7. The molecule has 2 saturated heterocycles. The van der Waals surface area contributed by atoms with Gasteiger partial charge in [0, 0.05) is 50.5 Å². The zero-order valence-corrected chi connectivity index (χ0v) is 20.6. The summed E-state index contributed by atoms with van der Waals surface area (Å²) in [6.45, 7) is 6.24. The van der Waals surface area contributed by atoms with Gasteiger partial charge in [0.05, 0.1) is 4.90 Å². The lowest BCUT2D eigenvalue weighted by atomic mass is 10.0. The van der Waals surface area contributed by atoms with Gasteiger partial charge in [-0.3, -0.25) is 0 Å². The summed E-state index contributed by atoms with van der Waals surface area (Å²) in [5.41, 5.74) is 2.06. The first-order valence-corrected chi connectivity index (χ1v) is 13.5. The minimum Gasteiger partial charge on any atom is -0.419 e. The third-order valence-electron chi connectivity index (χ3n) is 6.76. The maximum Gasteiger partial charge on any atom is 0.243 e. The Morgan fingerprint density at radius 1 is 0.971 bits per heavy atom. The molecule has 0 radical (unpaired) electrons. The lowest BCUT2D eigenvalue weighted by Gasteiger charge is -2.35. The third-order valence-corrected chi connectivity index (χ3v) is 8.64. The standard InChI is InChI=1S/C26H29N5O3S/c1-20-6-5-13-31(19-20)35(32,33)23-11-9-21(10-12-23)25-28-24(18-27)26(34-25)30-16-14-29(15-17-30)22-7-3-2-4-8-22/h2-4,7-12,20H,5-6,13-17,19H2,1H3/t20-/m1/s1. The summed E-state index contributed by atoms with van der Waals surface area (Å²) in [5, 5.41) is 9.66. The highest BCUT2D eigenvalue weighted by Gasteiger charge is 2.29. The number of nitrogens with zero attached hydrogens (tertiary/aromatic N) is 5. The van der Waals surface area contributed by atoms with Crippen molar-refractivity contribution in [1.82, 2.24) is 9.29 Å². The summed E-state index contributed by atoms with van der Waals surface area (Å²) in [4.78, 5) is 9.02. The second-order valence-corrected chi connectivity index (χ2v) is 11.2. The molecule has 3 aromatic rings. The Bertz CT molecular complexity index is 1310. The van der Waals surface area contributed by atoms with Crippen molar-refractivity contribution >= 4 is 21.6 Å². The van der Waals surface area contributed by atoms with Gasteiger partial charge in [0.1, 0.15) is 6.07 Å². The number of benzene rings is 2. The van der Waals surface area contributed by atoms with E-state index < -0.39 is 10.0 Å². The minimum atomic E-state index is -3.53. The summed E-state index contributed by atoms with van der Waals surface area (Å²) >= 11 is 0. The molecule has 0 amide bonds. The molecule has 0 bridgehead atoms. The monoisotopic (exact) mass is 491 g/mol. The van der Waals surface area contributed by atoms with Gasteiger partial charge in [-0.1, -0.05) is 25.1 Å². The molecule has 2 aromatic carbocycles. The smallest absolute Gasteiger partial charge is 0.243 e. The number of anilines is 2. The molecule has 182 valence electrons. The van der Waals surface area contributed by atoms with Crippen molar-refractivity contribution in [1.29, 1.82) is 5.26 Å². The molecule has 0 aliphatic carbocycles. The Hall–Kier alpha value is -3.35. The van der Waals surface area contributed by atoms with Crippen LogP contribution in [0.15, 0.2) is 63.9 Å². The van der Waals surface area contributed by atoms with Gasteiger partial charge in [-0.05, 0) is 55.2 Å². The largest absolute Gasteiger partial charge is 0.419 e. The average molecular weight is 492 g/mol. The molecule has 5 rings (SSSR count). The van der Waals surface area contributed by atoms with E-state index in [2.05, 4.69) is 35.0 Å². The molecule has 2 fully saturated rings. The average Bonchev–Trinajstić information content (AvgIpc) is 3.34. The number of para-hydroxylation sites is 1. The molecular weight excluding hydrogens is 462 g/mol. The van der Waals surface area contributed by atoms with Crippen molar-refractivity contribution in [3.63, 3.8) is 0 Å². The Morgan fingerprint density at radius 2 is 1.66 bits per heavy atom. The normalized spacial score (nSPS) is 19.5. The van der Waals surface area contributed by atoms with E-state index in [0.717, 1.165) is 25.9 Å². The van der Waals surface area contributed by atoms with Gasteiger partial charge in [0.25, 0.3) is 0 Å². The lowest BCUT2D eigenvalue weighted by molar-refractivity contribution is 0.281. The number of nitriles is 1. The highest BCUT2D eigenvalue weighted by atomic mass is 32.2. The number of piperazine rings is 1. The van der Waals surface area contributed by atoms with E-state index in [1.807, 2.05) is 23.1 Å². The molecule has 2 aliphatic heterocycles. The van der Waals surface area contributed by atoms with Crippen LogP contribution in [0.3, 0.4) is 0 Å². The highest BCUT2D eigenvalue weighted by molar-refractivity contribution is 7.89. The van der Waals surface area contributed by atoms with Crippen molar-refractivity contribution in [3.8, 4) is 17.5 Å². The molecule has 3 heterocycles. The van der Waals surface area contributed by atoms with Crippen LogP contribution in [0.4, 0.5) is 11.6 Å². The number of piperidine rings is 1. The third kappa shape index (κ3) is 4.77. The van der Waals surface area contributed by atoms with E-state index in [1.165, 1.54) is 5.69 Å². The van der Waals surface area contributed by atoms with Crippen LogP contribution in [0.25, 0.3) is 11.5 Å². The molecule has 0 spiro atoms. The molecule has 1 atom stereocenters. The summed E-state index contributed by atoms with van der Waals surface area (Å²) in [7, 11) is -3.53. The van der Waals surface area contributed by atoms with Crippen molar-refractivity contribution < 1.29 is 12.8 Å². The lowest BCUT2D eigenvalue weighted by Crippen LogP contribution is -2.46. The van der Waals surface area contributed by atoms with Crippen molar-refractivity contribution in [2.45, 2.75) is 24.7 Å². The van der Waals surface area contributed by atoms with Crippen molar-refractivity contribution in [3.05, 3.63) is 60.3 Å². The van der Waals surface area contributed by atoms with Crippen molar-refractivity contribution in [2.24, 2.45) is 5.92 Å². The molecule has 8 nitrogen and oxygen atoms in total. The second-order valence-electron chi connectivity index (χ2n) is 9.23. The van der Waals surface area contributed by atoms with E-state index in [-0.39, 0.29) is 10.6 Å². The summed E-state index contributed by atoms with van der Waals surface area (Å²) in [6.07, 6.45) is 1.94. The molecule has 9 heteroatoms. The van der Waals surface area contributed by atoms with Gasteiger partial charge >= 0.3 is 0 Å². The number of rotatable bonds is 5. The van der Waals surface area contributed by atoms with Crippen molar-refractivity contribution in [2.75, 3.05) is 49.1 Å². The fourth-order valence-corrected chi connectivity index (χ4v) is 6.41. The SMILES string of the molecule is C[C@@H]1CCCN(S(=O)(=O)c2ccc(-c3nc(C#N)c(N4CCN(c5ccccc5)CC4)o3)cc2)C1. The van der Waals surface area contributed by atoms with Crippen LogP contribution < -0.4 is 9.80 Å². The van der Waals surface area contributed by atoms with Crippen LogP contribution in [0.2, 0.25) is 0 Å². The molecule has 0 unspecified atom stereocenters. The quantitative estimate of drug-likeness (QED) is 0.533. The van der Waals surface area contributed by atoms with Crippen LogP contribution in [0, 0.1) is 17.2 Å². The van der Waals surface area contributed by atoms with Crippen LogP contribution in [-0.2, 0) is 10.0 Å². The van der Waals surface area contributed by atoms with Gasteiger partial charge in [-0.25, -0.2) is 8.42 Å². The molecule has 35 heavy (non-hydrogen) atoms. The molecule has 2 aliphatic rings. The van der Waals surface area contributed by atoms with Crippen LogP contribution >= 0.6 is 0 Å². The fraction of sp³-hybridized carbons (Fsp3) is 0.385. The maximum absolute atomic E-state index is 13.1. The number of hydrogen-bond donors (Lipinski definition) is 0. The van der Waals surface area contributed by atoms with Gasteiger partial charge in [-0.15, -0.1) is 0 Å². The minimum absolute atomic E-state index is 0.243. The Kier molecular flexibility index (Phi) is 6.50. The predicted molar refractivity (Wildman–Crippen MR) is 135 cm³/mol. The Labute approximate surface area is 206 Å². The van der Waals surface area contributed by atoms with Crippen LogP contribution in [0.5, 0.6) is 0 Å². The highest BCUT2D eigenvalue weighted by Crippen LogP contribution is 2.31. The van der Waals surface area contributed by atoms with Crippen LogP contribution in [0.1, 0.15) is 25.5 Å². The fourth-order valence-electron chi connectivity index (χ4n) is 4.81.